The Morgan fingerprint density at radius 2 is 2.00 bits per heavy atom. The molecule has 2 rings (SSSR count). The van der Waals surface area contributed by atoms with Crippen molar-refractivity contribution in [3.63, 3.8) is 0 Å². The van der Waals surface area contributed by atoms with Crippen molar-refractivity contribution in [3.05, 3.63) is 23.5 Å². The highest BCUT2D eigenvalue weighted by atomic mass is 28.3. The lowest BCUT2D eigenvalue weighted by molar-refractivity contribution is -0.00375. The van der Waals surface area contributed by atoms with Crippen LogP contribution in [0.3, 0.4) is 0 Å². The highest BCUT2D eigenvalue weighted by Crippen LogP contribution is 2.48. The molecule has 0 aromatic rings. The first-order chi connectivity index (χ1) is 9.08. The van der Waals surface area contributed by atoms with Crippen LogP contribution in [0.4, 0.5) is 0 Å². The second-order valence-electron chi connectivity index (χ2n) is 8.85. The molecule has 0 saturated carbocycles. The molecule has 20 heavy (non-hydrogen) atoms. The fourth-order valence-electron chi connectivity index (χ4n) is 3.70. The Bertz CT molecular complexity index is 425. The van der Waals surface area contributed by atoms with E-state index in [1.165, 1.54) is 30.2 Å². The predicted octanol–water partition coefficient (Wildman–Crippen LogP) is 5.77. The second-order valence-corrected chi connectivity index (χ2v) is 14.3. The highest BCUT2D eigenvalue weighted by Gasteiger charge is 2.41. The van der Waals surface area contributed by atoms with Crippen LogP contribution in [0.1, 0.15) is 46.5 Å². The first-order valence-corrected chi connectivity index (χ1v) is 11.8. The molecular formula is C18H32OSi. The number of ether oxygens (including phenoxy) is 1. The molecule has 1 aliphatic carbocycles. The number of allylic oxidation sites excluding steroid dienone is 2. The maximum absolute atomic E-state index is 6.42. The molecule has 1 aliphatic heterocycles. The lowest BCUT2D eigenvalue weighted by Gasteiger charge is -2.41. The molecule has 0 saturated heterocycles. The molecule has 0 spiro atoms. The van der Waals surface area contributed by atoms with Crippen LogP contribution >= 0.6 is 0 Å². The van der Waals surface area contributed by atoms with E-state index in [-0.39, 0.29) is 5.41 Å². The van der Waals surface area contributed by atoms with Crippen molar-refractivity contribution in [2.45, 2.75) is 78.2 Å². The third-order valence-electron chi connectivity index (χ3n) is 4.81. The molecule has 1 heterocycles. The molecule has 0 bridgehead atoms. The Kier molecular flexibility index (Phi) is 4.26. The molecule has 2 heteroatoms. The van der Waals surface area contributed by atoms with Crippen molar-refractivity contribution in [2.75, 3.05) is 0 Å². The van der Waals surface area contributed by atoms with Crippen molar-refractivity contribution in [3.8, 4) is 0 Å². The van der Waals surface area contributed by atoms with E-state index in [0.717, 1.165) is 18.8 Å². The summed E-state index contributed by atoms with van der Waals surface area (Å²) >= 11 is 0. The third kappa shape index (κ3) is 3.57. The van der Waals surface area contributed by atoms with Crippen LogP contribution in [0.15, 0.2) is 23.5 Å². The molecule has 1 unspecified atom stereocenters. The minimum atomic E-state index is -1.06. The molecule has 114 valence electrons. The van der Waals surface area contributed by atoms with E-state index in [9.17, 15) is 0 Å². The molecule has 2 atom stereocenters. The van der Waals surface area contributed by atoms with Gasteiger partial charge in [-0.05, 0) is 30.4 Å². The van der Waals surface area contributed by atoms with Crippen LogP contribution in [0, 0.1) is 11.3 Å². The van der Waals surface area contributed by atoms with E-state index in [4.69, 9.17) is 4.74 Å². The summed E-state index contributed by atoms with van der Waals surface area (Å²) in [5.41, 5.74) is 3.25. The summed E-state index contributed by atoms with van der Waals surface area (Å²) in [6.07, 6.45) is 5.03. The molecule has 1 nitrogen and oxygen atoms in total. The minimum Gasteiger partial charge on any atom is -0.494 e. The van der Waals surface area contributed by atoms with Crippen molar-refractivity contribution < 1.29 is 4.74 Å². The zero-order chi connectivity index (χ0) is 15.1. The average Bonchev–Trinajstić information content (AvgIpc) is 2.57. The van der Waals surface area contributed by atoms with Crippen LogP contribution in [0.25, 0.3) is 0 Å². The summed E-state index contributed by atoms with van der Waals surface area (Å²) in [4.78, 5) is 0. The molecule has 0 amide bonds. The van der Waals surface area contributed by atoms with Gasteiger partial charge in [-0.2, -0.15) is 0 Å². The lowest BCUT2D eigenvalue weighted by Crippen LogP contribution is -2.37. The van der Waals surface area contributed by atoms with Gasteiger partial charge in [-0.25, -0.2) is 0 Å². The third-order valence-corrected chi connectivity index (χ3v) is 6.37. The Morgan fingerprint density at radius 3 is 2.60 bits per heavy atom. The van der Waals surface area contributed by atoms with E-state index in [1.807, 2.05) is 0 Å². The second kappa shape index (κ2) is 5.36. The SMILES string of the molecule is C=C(CC1OC2=C(CC1(C)C)[C@H](C)CC2)C[Si](C)(C)C. The first kappa shape index (κ1) is 15.9. The van der Waals surface area contributed by atoms with Crippen LogP contribution in [0.2, 0.25) is 25.7 Å². The summed E-state index contributed by atoms with van der Waals surface area (Å²) < 4.78 is 6.42. The summed E-state index contributed by atoms with van der Waals surface area (Å²) in [6, 6.07) is 1.23. The maximum Gasteiger partial charge on any atom is 0.107 e. The fourth-order valence-corrected chi connectivity index (χ4v) is 5.35. The summed E-state index contributed by atoms with van der Waals surface area (Å²) in [6.45, 7) is 18.7. The summed E-state index contributed by atoms with van der Waals surface area (Å²) in [7, 11) is -1.06. The van der Waals surface area contributed by atoms with Gasteiger partial charge in [-0.15, -0.1) is 6.58 Å². The standard InChI is InChI=1S/C18H32OSi/c1-13(12-20(5,6)7)10-17-18(3,4)11-15-14(2)8-9-16(15)19-17/h14,17H,1,8-12H2,2-7H3/t14-,17?/m1/s1. The number of rotatable bonds is 4. The number of hydrogen-bond acceptors (Lipinski definition) is 1. The van der Waals surface area contributed by atoms with E-state index < -0.39 is 8.07 Å². The molecule has 2 aliphatic rings. The van der Waals surface area contributed by atoms with Crippen LogP contribution < -0.4 is 0 Å². The van der Waals surface area contributed by atoms with Gasteiger partial charge in [0.25, 0.3) is 0 Å². The van der Waals surface area contributed by atoms with Crippen molar-refractivity contribution in [2.24, 2.45) is 11.3 Å². The van der Waals surface area contributed by atoms with E-state index >= 15 is 0 Å². The molecule has 0 aromatic carbocycles. The molecule has 0 N–H and O–H groups in total. The van der Waals surface area contributed by atoms with Gasteiger partial charge in [-0.3, -0.25) is 0 Å². The van der Waals surface area contributed by atoms with Crippen LogP contribution in [-0.4, -0.2) is 14.2 Å². The monoisotopic (exact) mass is 292 g/mol. The molecule has 0 radical (unpaired) electrons. The molecular weight excluding hydrogens is 260 g/mol. The fraction of sp³-hybridized carbons (Fsp3) is 0.778. The highest BCUT2D eigenvalue weighted by molar-refractivity contribution is 6.76. The number of hydrogen-bond donors (Lipinski definition) is 0. The van der Waals surface area contributed by atoms with Gasteiger partial charge in [0, 0.05) is 26.3 Å². The smallest absolute Gasteiger partial charge is 0.107 e. The Labute approximate surface area is 126 Å². The lowest BCUT2D eigenvalue weighted by atomic mass is 9.75. The van der Waals surface area contributed by atoms with Gasteiger partial charge < -0.3 is 4.74 Å². The van der Waals surface area contributed by atoms with Gasteiger partial charge in [0.05, 0.1) is 5.76 Å². The van der Waals surface area contributed by atoms with Crippen LogP contribution in [-0.2, 0) is 4.74 Å². The summed E-state index contributed by atoms with van der Waals surface area (Å²) in [5, 5.41) is 0. The van der Waals surface area contributed by atoms with E-state index in [2.05, 4.69) is 47.0 Å². The van der Waals surface area contributed by atoms with Gasteiger partial charge in [0.1, 0.15) is 6.10 Å². The van der Waals surface area contributed by atoms with Crippen molar-refractivity contribution in [1.82, 2.24) is 0 Å². The van der Waals surface area contributed by atoms with Gasteiger partial charge in [0.15, 0.2) is 0 Å². The van der Waals surface area contributed by atoms with Gasteiger partial charge in [-0.1, -0.05) is 46.0 Å². The van der Waals surface area contributed by atoms with Crippen molar-refractivity contribution in [1.29, 1.82) is 0 Å². The largest absolute Gasteiger partial charge is 0.494 e. The van der Waals surface area contributed by atoms with Gasteiger partial charge in [0.2, 0.25) is 0 Å². The molecule has 0 aromatic heterocycles. The summed E-state index contributed by atoms with van der Waals surface area (Å²) in [5.74, 6) is 2.05. The first-order valence-electron chi connectivity index (χ1n) is 8.14. The predicted molar refractivity (Wildman–Crippen MR) is 90.6 cm³/mol. The zero-order valence-corrected chi connectivity index (χ0v) is 15.3. The van der Waals surface area contributed by atoms with Gasteiger partial charge >= 0.3 is 0 Å². The topological polar surface area (TPSA) is 9.23 Å². The van der Waals surface area contributed by atoms with Crippen LogP contribution in [0.5, 0.6) is 0 Å². The quantitative estimate of drug-likeness (QED) is 0.472. The zero-order valence-electron chi connectivity index (χ0n) is 14.3. The maximum atomic E-state index is 6.42. The minimum absolute atomic E-state index is 0.250. The van der Waals surface area contributed by atoms with E-state index in [0.29, 0.717) is 6.10 Å². The Hall–Kier alpha value is -0.503. The van der Waals surface area contributed by atoms with Crippen molar-refractivity contribution >= 4 is 8.07 Å². The van der Waals surface area contributed by atoms with E-state index in [1.54, 1.807) is 5.57 Å². The normalized spacial score (nSPS) is 29.1. The Morgan fingerprint density at radius 1 is 1.35 bits per heavy atom. The average molecular weight is 293 g/mol. The Balaban J connectivity index is 2.06. The molecule has 0 fully saturated rings.